The molecule has 1 fully saturated rings. The highest BCUT2D eigenvalue weighted by molar-refractivity contribution is 5.66. The van der Waals surface area contributed by atoms with E-state index >= 15 is 0 Å². The lowest BCUT2D eigenvalue weighted by molar-refractivity contribution is -0.384. The van der Waals surface area contributed by atoms with Gasteiger partial charge in [0, 0.05) is 25.7 Å². The number of nitrogens with zero attached hydrogens (tertiary/aromatic N) is 5. The monoisotopic (exact) mass is 375 g/mol. The van der Waals surface area contributed by atoms with Gasteiger partial charge in [0.25, 0.3) is 0 Å². The maximum absolute atomic E-state index is 11.5. The average Bonchev–Trinajstić information content (AvgIpc) is 3.05. The Bertz CT molecular complexity index is 835. The van der Waals surface area contributed by atoms with Crippen LogP contribution in [0.25, 0.3) is 0 Å². The molecule has 0 bridgehead atoms. The molecule has 27 heavy (non-hydrogen) atoms. The van der Waals surface area contributed by atoms with Gasteiger partial charge in [-0.3, -0.25) is 10.1 Å². The number of carboxylic acid groups (broad SMARTS) is 1. The van der Waals surface area contributed by atoms with Crippen LogP contribution in [0.15, 0.2) is 30.5 Å². The van der Waals surface area contributed by atoms with Crippen LogP contribution in [0, 0.1) is 10.1 Å². The van der Waals surface area contributed by atoms with Crippen molar-refractivity contribution < 1.29 is 19.6 Å². The summed E-state index contributed by atoms with van der Waals surface area (Å²) in [6.45, 7) is 3.13. The second kappa shape index (κ2) is 7.52. The van der Waals surface area contributed by atoms with Crippen molar-refractivity contribution in [2.75, 3.05) is 31.6 Å². The van der Waals surface area contributed by atoms with Crippen molar-refractivity contribution in [2.45, 2.75) is 19.5 Å². The van der Waals surface area contributed by atoms with Gasteiger partial charge >= 0.3 is 11.8 Å². The minimum absolute atomic E-state index is 0.0841. The van der Waals surface area contributed by atoms with Crippen LogP contribution in [0.1, 0.15) is 12.5 Å². The van der Waals surface area contributed by atoms with E-state index in [1.54, 1.807) is 11.8 Å². The summed E-state index contributed by atoms with van der Waals surface area (Å²) in [6.07, 6.45) is 0.262. The molecule has 2 heterocycles. The number of piperazine rings is 1. The summed E-state index contributed by atoms with van der Waals surface area (Å²) < 4.78 is 6.73. The number of rotatable bonds is 5. The van der Waals surface area contributed by atoms with Crippen LogP contribution in [-0.4, -0.2) is 63.6 Å². The molecule has 2 aromatic rings. The topological polar surface area (TPSA) is 114 Å². The molecular formula is C17H21N5O5. The van der Waals surface area contributed by atoms with Crippen LogP contribution in [0.2, 0.25) is 0 Å². The fourth-order valence-electron chi connectivity index (χ4n) is 3.26. The SMILES string of the molecule is COc1ccc(Cn2ncc([N+](=O)[O-])c2N2CCN(C(=O)O)CC2C)cc1. The number of ether oxygens (including phenoxy) is 1. The summed E-state index contributed by atoms with van der Waals surface area (Å²) in [6, 6.07) is 7.19. The quantitative estimate of drug-likeness (QED) is 0.628. The van der Waals surface area contributed by atoms with Gasteiger partial charge in [-0.05, 0) is 24.6 Å². The van der Waals surface area contributed by atoms with Crippen LogP contribution >= 0.6 is 0 Å². The van der Waals surface area contributed by atoms with Crippen LogP contribution in [0.4, 0.5) is 16.3 Å². The van der Waals surface area contributed by atoms with Crippen molar-refractivity contribution in [1.82, 2.24) is 14.7 Å². The molecule has 1 N–H and O–H groups in total. The molecule has 0 saturated carbocycles. The van der Waals surface area contributed by atoms with Gasteiger partial charge in [-0.2, -0.15) is 5.10 Å². The fourth-order valence-corrected chi connectivity index (χ4v) is 3.26. The van der Waals surface area contributed by atoms with E-state index in [2.05, 4.69) is 5.10 Å². The molecule has 1 amide bonds. The normalized spacial score (nSPS) is 17.0. The lowest BCUT2D eigenvalue weighted by Crippen LogP contribution is -2.54. The van der Waals surface area contributed by atoms with Crippen LogP contribution in [-0.2, 0) is 6.54 Å². The van der Waals surface area contributed by atoms with Gasteiger partial charge in [0.05, 0.1) is 18.6 Å². The molecular weight excluding hydrogens is 354 g/mol. The molecule has 1 unspecified atom stereocenters. The number of hydrogen-bond donors (Lipinski definition) is 1. The van der Waals surface area contributed by atoms with E-state index in [0.29, 0.717) is 18.9 Å². The van der Waals surface area contributed by atoms with Crippen molar-refractivity contribution in [2.24, 2.45) is 0 Å². The molecule has 1 atom stereocenters. The van der Waals surface area contributed by atoms with Gasteiger partial charge in [-0.15, -0.1) is 0 Å². The Morgan fingerprint density at radius 2 is 2.07 bits per heavy atom. The largest absolute Gasteiger partial charge is 0.497 e. The Balaban J connectivity index is 1.90. The molecule has 1 aliphatic heterocycles. The van der Waals surface area contributed by atoms with Crippen LogP contribution < -0.4 is 9.64 Å². The first kappa shape index (κ1) is 18.5. The highest BCUT2D eigenvalue weighted by atomic mass is 16.6. The van der Waals surface area contributed by atoms with Gasteiger partial charge in [-0.1, -0.05) is 12.1 Å². The van der Waals surface area contributed by atoms with E-state index in [0.717, 1.165) is 11.3 Å². The molecule has 1 aromatic heterocycles. The molecule has 0 aliphatic carbocycles. The van der Waals surface area contributed by atoms with Crippen LogP contribution in [0.5, 0.6) is 5.75 Å². The second-order valence-corrected chi connectivity index (χ2v) is 6.39. The molecule has 0 spiro atoms. The first-order valence-electron chi connectivity index (χ1n) is 8.48. The zero-order valence-corrected chi connectivity index (χ0v) is 15.1. The van der Waals surface area contributed by atoms with Crippen molar-refractivity contribution in [3.63, 3.8) is 0 Å². The molecule has 1 saturated heterocycles. The van der Waals surface area contributed by atoms with Gasteiger partial charge in [0.15, 0.2) is 0 Å². The zero-order chi connectivity index (χ0) is 19.6. The van der Waals surface area contributed by atoms with Gasteiger partial charge < -0.3 is 19.6 Å². The van der Waals surface area contributed by atoms with E-state index in [-0.39, 0.29) is 24.8 Å². The Morgan fingerprint density at radius 3 is 2.63 bits per heavy atom. The van der Waals surface area contributed by atoms with E-state index in [4.69, 9.17) is 4.74 Å². The predicted octanol–water partition coefficient (Wildman–Crippen LogP) is 2.04. The second-order valence-electron chi connectivity index (χ2n) is 6.39. The third-order valence-electron chi connectivity index (χ3n) is 4.65. The molecule has 144 valence electrons. The van der Waals surface area contributed by atoms with Crippen molar-refractivity contribution >= 4 is 17.6 Å². The number of hydrogen-bond acceptors (Lipinski definition) is 6. The summed E-state index contributed by atoms with van der Waals surface area (Å²) in [5.74, 6) is 1.12. The lowest BCUT2D eigenvalue weighted by atomic mass is 10.2. The third-order valence-corrected chi connectivity index (χ3v) is 4.65. The molecule has 10 nitrogen and oxygen atoms in total. The summed E-state index contributed by atoms with van der Waals surface area (Å²) in [7, 11) is 1.59. The smallest absolute Gasteiger partial charge is 0.407 e. The predicted molar refractivity (Wildman–Crippen MR) is 97.4 cm³/mol. The molecule has 1 aliphatic rings. The van der Waals surface area contributed by atoms with Gasteiger partial charge in [-0.25, -0.2) is 9.48 Å². The Morgan fingerprint density at radius 1 is 1.37 bits per heavy atom. The van der Waals surface area contributed by atoms with Gasteiger partial charge in [0.2, 0.25) is 5.82 Å². The van der Waals surface area contributed by atoms with E-state index in [1.165, 1.54) is 11.1 Å². The van der Waals surface area contributed by atoms with Crippen molar-refractivity contribution in [1.29, 1.82) is 0 Å². The Labute approximate surface area is 155 Å². The minimum Gasteiger partial charge on any atom is -0.497 e. The Hall–Kier alpha value is -3.30. The first-order valence-corrected chi connectivity index (χ1v) is 8.48. The summed E-state index contributed by atoms with van der Waals surface area (Å²) in [5, 5.41) is 24.9. The molecule has 3 rings (SSSR count). The number of nitro groups is 1. The van der Waals surface area contributed by atoms with Crippen LogP contribution in [0.3, 0.4) is 0 Å². The fraction of sp³-hybridized carbons (Fsp3) is 0.412. The number of benzene rings is 1. The number of amides is 1. The average molecular weight is 375 g/mol. The maximum atomic E-state index is 11.5. The van der Waals surface area contributed by atoms with Gasteiger partial charge in [0.1, 0.15) is 11.9 Å². The summed E-state index contributed by atoms with van der Waals surface area (Å²) >= 11 is 0. The number of anilines is 1. The molecule has 0 radical (unpaired) electrons. The highest BCUT2D eigenvalue weighted by Crippen LogP contribution is 2.31. The van der Waals surface area contributed by atoms with Crippen molar-refractivity contribution in [3.8, 4) is 5.75 Å². The summed E-state index contributed by atoms with van der Waals surface area (Å²) in [4.78, 5) is 25.4. The Kier molecular flexibility index (Phi) is 5.15. The number of aromatic nitrogens is 2. The van der Waals surface area contributed by atoms with Crippen molar-refractivity contribution in [3.05, 3.63) is 46.1 Å². The molecule has 1 aromatic carbocycles. The lowest BCUT2D eigenvalue weighted by Gasteiger charge is -2.39. The number of carbonyl (C=O) groups is 1. The maximum Gasteiger partial charge on any atom is 0.407 e. The molecule has 10 heteroatoms. The number of methoxy groups -OCH3 is 1. The van der Waals surface area contributed by atoms with E-state index in [9.17, 15) is 20.0 Å². The standard InChI is InChI=1S/C17H21N5O5/c1-12-10-19(17(23)24)7-8-20(12)16-15(22(25)26)9-18-21(16)11-13-3-5-14(27-2)6-4-13/h3-6,9,12H,7-8,10-11H2,1-2H3,(H,23,24). The van der Waals surface area contributed by atoms with E-state index < -0.39 is 11.0 Å². The highest BCUT2D eigenvalue weighted by Gasteiger charge is 2.33. The minimum atomic E-state index is -0.984. The zero-order valence-electron chi connectivity index (χ0n) is 15.1. The first-order chi connectivity index (χ1) is 12.9. The van der Waals surface area contributed by atoms with E-state index in [1.807, 2.05) is 36.1 Å². The third kappa shape index (κ3) is 3.78. The summed E-state index contributed by atoms with van der Waals surface area (Å²) in [5.41, 5.74) is 0.839.